The van der Waals surface area contributed by atoms with E-state index in [-0.39, 0.29) is 5.82 Å². The molecule has 0 amide bonds. The van der Waals surface area contributed by atoms with Gasteiger partial charge < -0.3 is 10.2 Å². The van der Waals surface area contributed by atoms with Crippen LogP contribution in [-0.2, 0) is 12.8 Å². The zero-order chi connectivity index (χ0) is 17.4. The summed E-state index contributed by atoms with van der Waals surface area (Å²) in [4.78, 5) is 0. The maximum atomic E-state index is 13.0. The third-order valence-corrected chi connectivity index (χ3v) is 4.13. The summed E-state index contributed by atoms with van der Waals surface area (Å²) in [5, 5.41) is 19.5. The highest BCUT2D eigenvalue weighted by atomic mass is 19.1. The Kier molecular flexibility index (Phi) is 7.16. The third kappa shape index (κ3) is 5.91. The molecule has 0 radical (unpaired) electrons. The van der Waals surface area contributed by atoms with Crippen molar-refractivity contribution >= 4 is 6.08 Å². The molecule has 2 rings (SSSR count). The minimum Gasteiger partial charge on any atom is -0.393 e. The molecule has 2 N–H and O–H groups in total. The number of benzene rings is 2. The van der Waals surface area contributed by atoms with Crippen molar-refractivity contribution in [3.63, 3.8) is 0 Å². The van der Waals surface area contributed by atoms with Crippen molar-refractivity contribution in [3.8, 4) is 0 Å². The second-order valence-corrected chi connectivity index (χ2v) is 6.05. The van der Waals surface area contributed by atoms with Gasteiger partial charge in [-0.25, -0.2) is 4.39 Å². The Bertz CT molecular complexity index is 649. The number of aryl methyl sites for hydroxylation is 2. The maximum Gasteiger partial charge on any atom is 0.123 e. The molecule has 0 fully saturated rings. The van der Waals surface area contributed by atoms with E-state index in [9.17, 15) is 14.6 Å². The van der Waals surface area contributed by atoms with Crippen LogP contribution in [0.25, 0.3) is 6.08 Å². The highest BCUT2D eigenvalue weighted by Gasteiger charge is 2.07. The first-order chi connectivity index (χ1) is 11.6. The van der Waals surface area contributed by atoms with Crippen LogP contribution >= 0.6 is 0 Å². The van der Waals surface area contributed by atoms with Gasteiger partial charge in [-0.15, -0.1) is 0 Å². The van der Waals surface area contributed by atoms with Crippen LogP contribution in [-0.4, -0.2) is 22.4 Å². The molecule has 0 unspecified atom stereocenters. The van der Waals surface area contributed by atoms with Gasteiger partial charge in [0.2, 0.25) is 0 Å². The lowest BCUT2D eigenvalue weighted by molar-refractivity contribution is 0.102. The molecule has 0 aliphatic heterocycles. The van der Waals surface area contributed by atoms with Gasteiger partial charge in [0.05, 0.1) is 12.2 Å². The number of halogens is 1. The molecule has 24 heavy (non-hydrogen) atoms. The molecule has 2 aromatic carbocycles. The number of aliphatic hydroxyl groups excluding tert-OH is 2. The molecule has 0 saturated carbocycles. The Labute approximate surface area is 143 Å². The predicted molar refractivity (Wildman–Crippen MR) is 96.2 cm³/mol. The number of rotatable bonds is 8. The van der Waals surface area contributed by atoms with Crippen LogP contribution in [0.5, 0.6) is 0 Å². The summed E-state index contributed by atoms with van der Waals surface area (Å²) >= 11 is 0. The Morgan fingerprint density at radius 1 is 1.00 bits per heavy atom. The lowest BCUT2D eigenvalue weighted by Crippen LogP contribution is -2.14. The monoisotopic (exact) mass is 328 g/mol. The zero-order valence-corrected chi connectivity index (χ0v) is 14.0. The van der Waals surface area contributed by atoms with Gasteiger partial charge in [-0.2, -0.15) is 0 Å². The molecule has 0 aliphatic carbocycles. The summed E-state index contributed by atoms with van der Waals surface area (Å²) in [6, 6.07) is 14.6. The van der Waals surface area contributed by atoms with E-state index in [0.717, 1.165) is 24.0 Å². The Hall–Kier alpha value is -1.97. The summed E-state index contributed by atoms with van der Waals surface area (Å²) in [5.41, 5.74) is 3.34. The van der Waals surface area contributed by atoms with E-state index in [1.807, 2.05) is 43.3 Å². The Morgan fingerprint density at radius 2 is 1.71 bits per heavy atom. The van der Waals surface area contributed by atoms with Crippen LogP contribution in [0.15, 0.2) is 54.6 Å². The second kappa shape index (κ2) is 9.36. The maximum absolute atomic E-state index is 13.0. The molecule has 3 heteroatoms. The van der Waals surface area contributed by atoms with Gasteiger partial charge >= 0.3 is 0 Å². The van der Waals surface area contributed by atoms with Crippen molar-refractivity contribution < 1.29 is 14.6 Å². The molecule has 2 atom stereocenters. The van der Waals surface area contributed by atoms with E-state index in [1.165, 1.54) is 17.7 Å². The summed E-state index contributed by atoms with van der Waals surface area (Å²) < 4.78 is 13.0. The quantitative estimate of drug-likeness (QED) is 0.764. The standard InChI is InChI=1S/C21H25FO2/c1-2-20(23)15-21(24)14-11-18-6-4-3-5-17(18)10-7-16-8-12-19(22)13-9-16/h3-6,8-9,11-14,20-21,23-24H,2,7,10,15H2,1H3/t20-,21-/m1/s1. The fourth-order valence-corrected chi connectivity index (χ4v) is 2.59. The summed E-state index contributed by atoms with van der Waals surface area (Å²) in [5.74, 6) is -0.217. The lowest BCUT2D eigenvalue weighted by Gasteiger charge is -2.11. The van der Waals surface area contributed by atoms with Crippen molar-refractivity contribution in [2.24, 2.45) is 0 Å². The molecular formula is C21H25FO2. The van der Waals surface area contributed by atoms with Crippen molar-refractivity contribution in [3.05, 3.63) is 77.1 Å². The van der Waals surface area contributed by atoms with Crippen LogP contribution in [0, 0.1) is 5.82 Å². The molecule has 0 aliphatic rings. The van der Waals surface area contributed by atoms with Crippen LogP contribution in [0.4, 0.5) is 4.39 Å². The Morgan fingerprint density at radius 3 is 2.42 bits per heavy atom. The largest absolute Gasteiger partial charge is 0.393 e. The molecule has 0 aromatic heterocycles. The molecule has 0 saturated heterocycles. The van der Waals surface area contributed by atoms with E-state index < -0.39 is 12.2 Å². The average Bonchev–Trinajstić information content (AvgIpc) is 2.60. The summed E-state index contributed by atoms with van der Waals surface area (Å²) in [6.45, 7) is 1.89. The number of aliphatic hydroxyl groups is 2. The zero-order valence-electron chi connectivity index (χ0n) is 14.0. The number of hydrogen-bond donors (Lipinski definition) is 2. The highest BCUT2D eigenvalue weighted by molar-refractivity contribution is 5.54. The first kappa shape index (κ1) is 18.4. The second-order valence-electron chi connectivity index (χ2n) is 6.05. The van der Waals surface area contributed by atoms with Crippen LogP contribution in [0.2, 0.25) is 0 Å². The van der Waals surface area contributed by atoms with Crippen molar-refractivity contribution in [1.29, 1.82) is 0 Å². The smallest absolute Gasteiger partial charge is 0.123 e. The molecule has 2 nitrogen and oxygen atoms in total. The van der Waals surface area contributed by atoms with Gasteiger partial charge in [-0.1, -0.05) is 55.5 Å². The fourth-order valence-electron chi connectivity index (χ4n) is 2.59. The van der Waals surface area contributed by atoms with Gasteiger partial charge in [0.1, 0.15) is 5.82 Å². The fraction of sp³-hybridized carbons (Fsp3) is 0.333. The van der Waals surface area contributed by atoms with Crippen molar-refractivity contribution in [2.45, 2.75) is 44.8 Å². The van der Waals surface area contributed by atoms with Crippen LogP contribution < -0.4 is 0 Å². The van der Waals surface area contributed by atoms with Gasteiger partial charge in [-0.05, 0) is 48.1 Å². The van der Waals surface area contributed by atoms with E-state index >= 15 is 0 Å². The van der Waals surface area contributed by atoms with Gasteiger partial charge in [0, 0.05) is 6.42 Å². The topological polar surface area (TPSA) is 40.5 Å². The van der Waals surface area contributed by atoms with E-state index in [4.69, 9.17) is 0 Å². The molecule has 2 aromatic rings. The van der Waals surface area contributed by atoms with E-state index in [2.05, 4.69) is 6.07 Å². The van der Waals surface area contributed by atoms with Crippen LogP contribution in [0.3, 0.4) is 0 Å². The molecule has 0 spiro atoms. The first-order valence-electron chi connectivity index (χ1n) is 8.45. The first-order valence-corrected chi connectivity index (χ1v) is 8.45. The highest BCUT2D eigenvalue weighted by Crippen LogP contribution is 2.16. The van der Waals surface area contributed by atoms with Crippen molar-refractivity contribution in [2.75, 3.05) is 0 Å². The lowest BCUT2D eigenvalue weighted by atomic mass is 9.99. The summed E-state index contributed by atoms with van der Waals surface area (Å²) in [7, 11) is 0. The van der Waals surface area contributed by atoms with Gasteiger partial charge in [0.25, 0.3) is 0 Å². The minimum atomic E-state index is -0.648. The van der Waals surface area contributed by atoms with Gasteiger partial charge in [0.15, 0.2) is 0 Å². The van der Waals surface area contributed by atoms with E-state index in [0.29, 0.717) is 12.8 Å². The molecule has 128 valence electrons. The minimum absolute atomic E-state index is 0.217. The third-order valence-electron chi connectivity index (χ3n) is 4.13. The Balaban J connectivity index is 2.00. The number of hydrogen-bond acceptors (Lipinski definition) is 2. The van der Waals surface area contributed by atoms with Crippen molar-refractivity contribution in [1.82, 2.24) is 0 Å². The molecule has 0 bridgehead atoms. The van der Waals surface area contributed by atoms with E-state index in [1.54, 1.807) is 6.08 Å². The average molecular weight is 328 g/mol. The molecular weight excluding hydrogens is 303 g/mol. The van der Waals surface area contributed by atoms with Crippen LogP contribution in [0.1, 0.15) is 36.5 Å². The molecule has 0 heterocycles. The predicted octanol–water partition coefficient (Wildman–Crippen LogP) is 4.15. The van der Waals surface area contributed by atoms with Gasteiger partial charge in [-0.3, -0.25) is 0 Å². The summed E-state index contributed by atoms with van der Waals surface area (Å²) in [6.07, 6.45) is 5.19. The SMILES string of the molecule is CC[C@@H](O)C[C@H](O)C=Cc1ccccc1CCc1ccc(F)cc1. The normalized spacial score (nSPS) is 14.0.